The number of phenolic OH excluding ortho intramolecular Hbond substituents is 1. The van der Waals surface area contributed by atoms with Crippen LogP contribution in [0.5, 0.6) is 5.75 Å². The maximum atomic E-state index is 13.0. The maximum Gasteiger partial charge on any atom is 0.134 e. The summed E-state index contributed by atoms with van der Waals surface area (Å²) >= 11 is 3.04. The highest BCUT2D eigenvalue weighted by atomic mass is 79.9. The molecule has 0 aliphatic heterocycles. The topological polar surface area (TPSA) is 46.2 Å². The zero-order chi connectivity index (χ0) is 10.7. The van der Waals surface area contributed by atoms with Crippen LogP contribution in [0.15, 0.2) is 29.3 Å². The van der Waals surface area contributed by atoms with Crippen LogP contribution in [-0.2, 0) is 0 Å². The number of nitrogens with two attached hydrogens (primary N) is 1. The summed E-state index contributed by atoms with van der Waals surface area (Å²) in [7, 11) is 0. The predicted molar refractivity (Wildman–Crippen MR) is 57.5 cm³/mol. The molecule has 0 aromatic heterocycles. The van der Waals surface area contributed by atoms with Gasteiger partial charge in [0, 0.05) is 11.6 Å². The molecule has 0 spiro atoms. The lowest BCUT2D eigenvalue weighted by Crippen LogP contribution is -2.09. The second-order valence-electron chi connectivity index (χ2n) is 2.96. The maximum absolute atomic E-state index is 13.0. The van der Waals surface area contributed by atoms with Crippen LogP contribution < -0.4 is 5.73 Å². The van der Waals surface area contributed by atoms with Crippen molar-refractivity contribution >= 4 is 15.9 Å². The van der Waals surface area contributed by atoms with Gasteiger partial charge in [0.05, 0.1) is 4.47 Å². The highest BCUT2D eigenvalue weighted by molar-refractivity contribution is 9.10. The molecular formula is C10H11BrFNO. The number of benzene rings is 1. The van der Waals surface area contributed by atoms with Gasteiger partial charge < -0.3 is 10.8 Å². The summed E-state index contributed by atoms with van der Waals surface area (Å²) in [6.45, 7) is 3.53. The molecule has 0 heterocycles. The Balaban J connectivity index is 3.12. The number of hydrogen-bond acceptors (Lipinski definition) is 2. The Morgan fingerprint density at radius 3 is 2.86 bits per heavy atom. The van der Waals surface area contributed by atoms with Gasteiger partial charge in [0.15, 0.2) is 0 Å². The monoisotopic (exact) mass is 259 g/mol. The Bertz CT molecular complexity index is 354. The van der Waals surface area contributed by atoms with Crippen molar-refractivity contribution < 1.29 is 9.50 Å². The molecule has 1 aromatic rings. The van der Waals surface area contributed by atoms with Gasteiger partial charge in [0.2, 0.25) is 0 Å². The van der Waals surface area contributed by atoms with E-state index in [4.69, 9.17) is 5.73 Å². The van der Waals surface area contributed by atoms with E-state index in [1.54, 1.807) is 6.08 Å². The number of hydrogen-bond donors (Lipinski definition) is 2. The molecule has 0 saturated heterocycles. The number of halogens is 2. The Kier molecular flexibility index (Phi) is 3.66. The number of aromatic hydroxyl groups is 1. The summed E-state index contributed by atoms with van der Waals surface area (Å²) in [4.78, 5) is 0. The average Bonchev–Trinajstić information content (AvgIpc) is 2.11. The van der Waals surface area contributed by atoms with Gasteiger partial charge in [-0.2, -0.15) is 0 Å². The van der Waals surface area contributed by atoms with Gasteiger partial charge >= 0.3 is 0 Å². The molecule has 2 nitrogen and oxygen atoms in total. The first kappa shape index (κ1) is 11.2. The van der Waals surface area contributed by atoms with Crippen LogP contribution in [-0.4, -0.2) is 5.11 Å². The first-order chi connectivity index (χ1) is 6.56. The van der Waals surface area contributed by atoms with E-state index in [1.807, 2.05) is 0 Å². The van der Waals surface area contributed by atoms with E-state index < -0.39 is 11.9 Å². The summed E-state index contributed by atoms with van der Waals surface area (Å²) in [5, 5.41) is 9.59. The molecule has 0 aliphatic rings. The van der Waals surface area contributed by atoms with Crippen LogP contribution >= 0.6 is 15.9 Å². The standard InChI is InChI=1S/C10H11BrFNO/c1-2-3-9(13)7-4-6(12)5-8(11)10(7)14/h2,4-5,9,14H,1,3,13H2/t9-/m1/s1. The van der Waals surface area contributed by atoms with E-state index in [-0.39, 0.29) is 5.75 Å². The van der Waals surface area contributed by atoms with E-state index in [9.17, 15) is 9.50 Å². The molecule has 4 heteroatoms. The van der Waals surface area contributed by atoms with Crippen molar-refractivity contribution in [1.29, 1.82) is 0 Å². The van der Waals surface area contributed by atoms with Crippen LogP contribution in [0.1, 0.15) is 18.0 Å². The highest BCUT2D eigenvalue weighted by Gasteiger charge is 2.13. The van der Waals surface area contributed by atoms with Crippen molar-refractivity contribution in [2.24, 2.45) is 5.73 Å². The van der Waals surface area contributed by atoms with E-state index in [2.05, 4.69) is 22.5 Å². The van der Waals surface area contributed by atoms with Crippen LogP contribution in [0.4, 0.5) is 4.39 Å². The summed E-state index contributed by atoms with van der Waals surface area (Å²) in [5.74, 6) is -0.440. The molecule has 1 aromatic carbocycles. The second-order valence-corrected chi connectivity index (χ2v) is 3.81. The first-order valence-corrected chi connectivity index (χ1v) is 4.90. The fourth-order valence-corrected chi connectivity index (χ4v) is 1.62. The Morgan fingerprint density at radius 1 is 1.64 bits per heavy atom. The van der Waals surface area contributed by atoms with Crippen LogP contribution in [0, 0.1) is 5.82 Å². The van der Waals surface area contributed by atoms with Crippen molar-refractivity contribution in [2.75, 3.05) is 0 Å². The van der Waals surface area contributed by atoms with Crippen LogP contribution in [0.25, 0.3) is 0 Å². The van der Waals surface area contributed by atoms with Crippen molar-refractivity contribution in [1.82, 2.24) is 0 Å². The lowest BCUT2D eigenvalue weighted by molar-refractivity contribution is 0.455. The van der Waals surface area contributed by atoms with Crippen LogP contribution in [0.2, 0.25) is 0 Å². The van der Waals surface area contributed by atoms with E-state index >= 15 is 0 Å². The van der Waals surface area contributed by atoms with Gasteiger partial charge in [-0.05, 0) is 34.5 Å². The highest BCUT2D eigenvalue weighted by Crippen LogP contribution is 2.33. The zero-order valence-corrected chi connectivity index (χ0v) is 9.09. The third-order valence-corrected chi connectivity index (χ3v) is 2.48. The number of phenols is 1. The van der Waals surface area contributed by atoms with Gasteiger partial charge in [-0.1, -0.05) is 6.08 Å². The Morgan fingerprint density at radius 2 is 2.29 bits per heavy atom. The molecule has 0 bridgehead atoms. The smallest absolute Gasteiger partial charge is 0.134 e. The summed E-state index contributed by atoms with van der Waals surface area (Å²) in [6, 6.07) is 1.99. The quantitative estimate of drug-likeness (QED) is 0.821. The molecule has 1 rings (SSSR count). The van der Waals surface area contributed by atoms with Gasteiger partial charge in [0.1, 0.15) is 11.6 Å². The molecule has 0 saturated carbocycles. The fourth-order valence-electron chi connectivity index (χ4n) is 1.18. The molecule has 0 fully saturated rings. The minimum Gasteiger partial charge on any atom is -0.506 e. The van der Waals surface area contributed by atoms with E-state index in [1.165, 1.54) is 12.1 Å². The van der Waals surface area contributed by atoms with Gasteiger partial charge in [-0.3, -0.25) is 0 Å². The van der Waals surface area contributed by atoms with Crippen molar-refractivity contribution in [3.63, 3.8) is 0 Å². The Hall–Kier alpha value is -0.870. The van der Waals surface area contributed by atoms with E-state index in [0.717, 1.165) is 0 Å². The summed E-state index contributed by atoms with van der Waals surface area (Å²) in [6.07, 6.45) is 2.12. The molecular weight excluding hydrogens is 249 g/mol. The summed E-state index contributed by atoms with van der Waals surface area (Å²) < 4.78 is 13.3. The first-order valence-electron chi connectivity index (χ1n) is 4.10. The molecule has 0 radical (unpaired) electrons. The molecule has 1 atom stereocenters. The predicted octanol–water partition coefficient (Wildman–Crippen LogP) is 2.87. The van der Waals surface area contributed by atoms with Gasteiger partial charge in [0.25, 0.3) is 0 Å². The molecule has 14 heavy (non-hydrogen) atoms. The van der Waals surface area contributed by atoms with Gasteiger partial charge in [-0.25, -0.2) is 4.39 Å². The lowest BCUT2D eigenvalue weighted by atomic mass is 10.0. The molecule has 76 valence electrons. The average molecular weight is 260 g/mol. The van der Waals surface area contributed by atoms with Crippen molar-refractivity contribution in [3.05, 3.63) is 40.6 Å². The van der Waals surface area contributed by atoms with Gasteiger partial charge in [-0.15, -0.1) is 6.58 Å². The minimum absolute atomic E-state index is 0.0132. The molecule has 0 aliphatic carbocycles. The molecule has 0 amide bonds. The normalized spacial score (nSPS) is 12.5. The lowest BCUT2D eigenvalue weighted by Gasteiger charge is -2.12. The minimum atomic E-state index is -0.431. The van der Waals surface area contributed by atoms with Crippen molar-refractivity contribution in [2.45, 2.75) is 12.5 Å². The van der Waals surface area contributed by atoms with Crippen molar-refractivity contribution in [3.8, 4) is 5.75 Å². The summed E-state index contributed by atoms with van der Waals surface area (Å²) in [5.41, 5.74) is 6.11. The van der Waals surface area contributed by atoms with Crippen LogP contribution in [0.3, 0.4) is 0 Å². The third kappa shape index (κ3) is 2.33. The zero-order valence-electron chi connectivity index (χ0n) is 7.50. The third-order valence-electron chi connectivity index (χ3n) is 1.88. The fraction of sp³-hybridized carbons (Fsp3) is 0.200. The van der Waals surface area contributed by atoms with E-state index in [0.29, 0.717) is 16.5 Å². The number of rotatable bonds is 3. The molecule has 3 N–H and O–H groups in total. The second kappa shape index (κ2) is 4.57. The molecule has 0 unspecified atom stereocenters. The SMILES string of the molecule is C=CC[C@@H](N)c1cc(F)cc(Br)c1O. The largest absolute Gasteiger partial charge is 0.506 e. The Labute approximate surface area is 90.4 Å².